The molecule has 1 aliphatic heterocycles. The molecule has 2 heterocycles. The van der Waals surface area contributed by atoms with Crippen molar-refractivity contribution in [3.63, 3.8) is 0 Å². The zero-order valence-corrected chi connectivity index (χ0v) is 14.8. The van der Waals surface area contributed by atoms with Gasteiger partial charge in [0.15, 0.2) is 0 Å². The first-order valence-corrected chi connectivity index (χ1v) is 8.45. The fraction of sp³-hybridized carbons (Fsp3) is 0.474. The monoisotopic (exact) mass is 324 g/mol. The molecular formula is C19H24N4O. The number of hydrogen-bond donors (Lipinski definition) is 1. The number of aromatic nitrogens is 2. The Morgan fingerprint density at radius 2 is 2.21 bits per heavy atom. The fourth-order valence-electron chi connectivity index (χ4n) is 3.39. The Balaban J connectivity index is 1.98. The number of anilines is 2. The summed E-state index contributed by atoms with van der Waals surface area (Å²) in [6, 6.07) is 4.02. The van der Waals surface area contributed by atoms with Gasteiger partial charge in [0.1, 0.15) is 0 Å². The second-order valence-corrected chi connectivity index (χ2v) is 6.65. The number of benzene rings is 1. The topological polar surface area (TPSA) is 50.2 Å². The van der Waals surface area contributed by atoms with Gasteiger partial charge in [-0.05, 0) is 56.2 Å². The summed E-state index contributed by atoms with van der Waals surface area (Å²) >= 11 is 0. The maximum atomic E-state index is 11.7. The lowest BCUT2D eigenvalue weighted by atomic mass is 10.0. The Labute approximate surface area is 143 Å². The van der Waals surface area contributed by atoms with E-state index in [2.05, 4.69) is 46.7 Å². The van der Waals surface area contributed by atoms with Gasteiger partial charge in [-0.15, -0.1) is 0 Å². The first-order valence-electron chi connectivity index (χ1n) is 8.45. The Bertz CT molecular complexity index is 840. The van der Waals surface area contributed by atoms with Gasteiger partial charge in [0.25, 0.3) is 5.91 Å². The lowest BCUT2D eigenvalue weighted by Gasteiger charge is -2.31. The molecule has 1 aliphatic rings. The number of carbonyl (C=O) groups excluding carboxylic acids is 1. The summed E-state index contributed by atoms with van der Waals surface area (Å²) in [6.45, 7) is 8.04. The smallest absolute Gasteiger partial charge is 0.300 e. The van der Waals surface area contributed by atoms with Gasteiger partial charge in [0.2, 0.25) is 5.95 Å². The molecule has 5 heteroatoms. The number of nitrogens with one attached hydrogen (secondary N) is 1. The summed E-state index contributed by atoms with van der Waals surface area (Å²) in [7, 11) is 2.06. The maximum absolute atomic E-state index is 11.7. The Morgan fingerprint density at radius 3 is 2.92 bits per heavy atom. The van der Waals surface area contributed by atoms with Gasteiger partial charge in [-0.1, -0.05) is 12.8 Å². The van der Waals surface area contributed by atoms with Crippen molar-refractivity contribution in [1.29, 1.82) is 0 Å². The average molecular weight is 324 g/mol. The van der Waals surface area contributed by atoms with E-state index in [1.165, 1.54) is 12.8 Å². The van der Waals surface area contributed by atoms with E-state index < -0.39 is 0 Å². The van der Waals surface area contributed by atoms with Crippen molar-refractivity contribution in [2.75, 3.05) is 23.3 Å². The van der Waals surface area contributed by atoms with Crippen LogP contribution in [-0.2, 0) is 11.8 Å². The SMILES string of the molecule is CC#CC(=O)Nc1cc2nc(N3CCC[C@@H](C)C3)n(C)c2cc1C. The van der Waals surface area contributed by atoms with Gasteiger partial charge < -0.3 is 14.8 Å². The minimum absolute atomic E-state index is 0.291. The van der Waals surface area contributed by atoms with Gasteiger partial charge in [0, 0.05) is 25.8 Å². The molecule has 1 aromatic heterocycles. The molecule has 3 rings (SSSR count). The van der Waals surface area contributed by atoms with E-state index in [0.29, 0.717) is 5.92 Å². The van der Waals surface area contributed by atoms with Crippen molar-refractivity contribution in [3.05, 3.63) is 17.7 Å². The first kappa shape index (κ1) is 16.4. The van der Waals surface area contributed by atoms with Crippen molar-refractivity contribution < 1.29 is 4.79 Å². The number of nitrogens with zero attached hydrogens (tertiary/aromatic N) is 3. The van der Waals surface area contributed by atoms with Crippen LogP contribution in [0.1, 0.15) is 32.3 Å². The third kappa shape index (κ3) is 3.09. The predicted octanol–water partition coefficient (Wildman–Crippen LogP) is 3.08. The molecule has 1 aromatic carbocycles. The molecule has 0 radical (unpaired) electrons. The van der Waals surface area contributed by atoms with Crippen LogP contribution in [0.15, 0.2) is 12.1 Å². The van der Waals surface area contributed by atoms with Crippen LogP contribution in [0.3, 0.4) is 0 Å². The minimum atomic E-state index is -0.291. The lowest BCUT2D eigenvalue weighted by molar-refractivity contribution is -0.111. The van der Waals surface area contributed by atoms with E-state index in [1.807, 2.05) is 13.0 Å². The van der Waals surface area contributed by atoms with Gasteiger partial charge in [-0.25, -0.2) is 4.98 Å². The molecule has 0 bridgehead atoms. The zero-order chi connectivity index (χ0) is 17.3. The molecule has 0 aliphatic carbocycles. The quantitative estimate of drug-likeness (QED) is 0.864. The van der Waals surface area contributed by atoms with Crippen molar-refractivity contribution in [2.45, 2.75) is 33.6 Å². The maximum Gasteiger partial charge on any atom is 0.300 e. The van der Waals surface area contributed by atoms with Crippen LogP contribution in [0.2, 0.25) is 0 Å². The highest BCUT2D eigenvalue weighted by Gasteiger charge is 2.21. The number of piperidine rings is 1. The molecule has 2 aromatic rings. The molecule has 1 fully saturated rings. The molecule has 0 saturated carbocycles. The Morgan fingerprint density at radius 1 is 1.42 bits per heavy atom. The molecule has 24 heavy (non-hydrogen) atoms. The summed E-state index contributed by atoms with van der Waals surface area (Å²) in [4.78, 5) is 18.9. The van der Waals surface area contributed by atoms with E-state index in [9.17, 15) is 4.79 Å². The van der Waals surface area contributed by atoms with Crippen molar-refractivity contribution in [1.82, 2.24) is 9.55 Å². The number of hydrogen-bond acceptors (Lipinski definition) is 3. The van der Waals surface area contributed by atoms with Gasteiger partial charge in [0.05, 0.1) is 11.0 Å². The van der Waals surface area contributed by atoms with Crippen molar-refractivity contribution >= 4 is 28.6 Å². The first-order chi connectivity index (χ1) is 11.5. The van der Waals surface area contributed by atoms with Gasteiger partial charge >= 0.3 is 0 Å². The predicted molar refractivity (Wildman–Crippen MR) is 98.1 cm³/mol. The van der Waals surface area contributed by atoms with Crippen LogP contribution >= 0.6 is 0 Å². The van der Waals surface area contributed by atoms with Gasteiger partial charge in [-0.3, -0.25) is 4.79 Å². The lowest BCUT2D eigenvalue weighted by Crippen LogP contribution is -2.35. The molecule has 1 saturated heterocycles. The van der Waals surface area contributed by atoms with Crippen molar-refractivity contribution in [3.8, 4) is 11.8 Å². The summed E-state index contributed by atoms with van der Waals surface area (Å²) in [5.74, 6) is 6.54. The third-order valence-electron chi connectivity index (χ3n) is 4.63. The van der Waals surface area contributed by atoms with E-state index in [0.717, 1.165) is 41.3 Å². The summed E-state index contributed by atoms with van der Waals surface area (Å²) in [5, 5.41) is 2.84. The van der Waals surface area contributed by atoms with Crippen LogP contribution in [0.4, 0.5) is 11.6 Å². The fourth-order valence-corrected chi connectivity index (χ4v) is 3.39. The number of amides is 1. The summed E-state index contributed by atoms with van der Waals surface area (Å²) in [5.41, 5.74) is 3.76. The van der Waals surface area contributed by atoms with E-state index in [-0.39, 0.29) is 5.91 Å². The molecule has 1 N–H and O–H groups in total. The Hall–Kier alpha value is -2.48. The molecule has 5 nitrogen and oxygen atoms in total. The molecule has 126 valence electrons. The third-order valence-corrected chi connectivity index (χ3v) is 4.63. The summed E-state index contributed by atoms with van der Waals surface area (Å²) < 4.78 is 2.15. The molecule has 0 spiro atoms. The number of aryl methyl sites for hydroxylation is 2. The summed E-state index contributed by atoms with van der Waals surface area (Å²) in [6.07, 6.45) is 2.49. The van der Waals surface area contributed by atoms with Crippen molar-refractivity contribution in [2.24, 2.45) is 13.0 Å². The Kier molecular flexibility index (Phi) is 4.48. The van der Waals surface area contributed by atoms with Crippen LogP contribution < -0.4 is 10.2 Å². The largest absolute Gasteiger partial charge is 0.342 e. The molecule has 1 atom stereocenters. The second-order valence-electron chi connectivity index (χ2n) is 6.65. The normalized spacial score (nSPS) is 17.5. The zero-order valence-electron chi connectivity index (χ0n) is 14.8. The number of imidazole rings is 1. The van der Waals surface area contributed by atoms with E-state index in [4.69, 9.17) is 4.98 Å². The van der Waals surface area contributed by atoms with Crippen LogP contribution in [0, 0.1) is 24.7 Å². The molecule has 0 unspecified atom stereocenters. The highest BCUT2D eigenvalue weighted by atomic mass is 16.1. The number of rotatable bonds is 2. The number of carbonyl (C=O) groups is 1. The minimum Gasteiger partial charge on any atom is -0.342 e. The highest BCUT2D eigenvalue weighted by molar-refractivity contribution is 6.05. The van der Waals surface area contributed by atoms with E-state index in [1.54, 1.807) is 6.92 Å². The van der Waals surface area contributed by atoms with Crippen LogP contribution in [0.25, 0.3) is 11.0 Å². The highest BCUT2D eigenvalue weighted by Crippen LogP contribution is 2.29. The number of fused-ring (bicyclic) bond motifs is 1. The molecule has 1 amide bonds. The van der Waals surface area contributed by atoms with Crippen LogP contribution in [0.5, 0.6) is 0 Å². The van der Waals surface area contributed by atoms with Crippen LogP contribution in [-0.4, -0.2) is 28.5 Å². The van der Waals surface area contributed by atoms with E-state index >= 15 is 0 Å². The standard InChI is InChI=1S/C19H24N4O/c1-5-7-18(24)20-15-11-16-17(10-14(15)3)22(4)19(21-16)23-9-6-8-13(2)12-23/h10-11,13H,6,8-9,12H2,1-4H3,(H,20,24)/t13-/m1/s1. The second kappa shape index (κ2) is 6.56. The average Bonchev–Trinajstić information content (AvgIpc) is 2.84. The van der Waals surface area contributed by atoms with Gasteiger partial charge in [-0.2, -0.15) is 0 Å². The molecular weight excluding hydrogens is 300 g/mol.